The number of rotatable bonds is 8. The van der Waals surface area contributed by atoms with Gasteiger partial charge in [0.15, 0.2) is 0 Å². The molecule has 0 aliphatic heterocycles. The molecular weight excluding hydrogens is 344 g/mol. The van der Waals surface area contributed by atoms with Crippen molar-refractivity contribution in [2.45, 2.75) is 31.8 Å². The van der Waals surface area contributed by atoms with Crippen molar-refractivity contribution in [3.63, 3.8) is 0 Å². The fourth-order valence-electron chi connectivity index (χ4n) is 2.57. The van der Waals surface area contributed by atoms with Crippen molar-refractivity contribution in [1.29, 1.82) is 0 Å². The van der Waals surface area contributed by atoms with Crippen LogP contribution in [0, 0.1) is 0 Å². The van der Waals surface area contributed by atoms with Crippen molar-refractivity contribution in [3.8, 4) is 0 Å². The summed E-state index contributed by atoms with van der Waals surface area (Å²) in [6, 6.07) is 17.3. The van der Waals surface area contributed by atoms with Crippen LogP contribution in [-0.2, 0) is 10.5 Å². The Bertz CT molecular complexity index is 730. The zero-order valence-corrected chi connectivity index (χ0v) is 16.4. The normalized spacial score (nSPS) is 11.7. The minimum atomic E-state index is -0.216. The van der Waals surface area contributed by atoms with E-state index in [2.05, 4.69) is 17.4 Å². The van der Waals surface area contributed by atoms with Gasteiger partial charge in [-0.2, -0.15) is 0 Å². The Morgan fingerprint density at radius 1 is 1.00 bits per heavy atom. The summed E-state index contributed by atoms with van der Waals surface area (Å²) < 4.78 is 0. The summed E-state index contributed by atoms with van der Waals surface area (Å²) in [6.07, 6.45) is 0. The number of para-hydroxylation sites is 1. The van der Waals surface area contributed by atoms with E-state index in [0.29, 0.717) is 24.3 Å². The van der Waals surface area contributed by atoms with E-state index in [9.17, 15) is 9.59 Å². The highest BCUT2D eigenvalue weighted by atomic mass is 32.2. The Hall–Kier alpha value is -2.27. The maximum absolute atomic E-state index is 12.7. The molecule has 0 aromatic heterocycles. The van der Waals surface area contributed by atoms with Gasteiger partial charge in [-0.05, 0) is 38.5 Å². The molecule has 1 atom stereocenters. The minimum Gasteiger partial charge on any atom is -0.339 e. The van der Waals surface area contributed by atoms with Crippen molar-refractivity contribution in [3.05, 3.63) is 65.7 Å². The van der Waals surface area contributed by atoms with Crippen LogP contribution >= 0.6 is 11.8 Å². The van der Waals surface area contributed by atoms with Gasteiger partial charge in [-0.1, -0.05) is 42.5 Å². The number of thioether (sulfide) groups is 1. The maximum atomic E-state index is 12.7. The largest absolute Gasteiger partial charge is 0.339 e. The fraction of sp³-hybridized carbons (Fsp3) is 0.333. The summed E-state index contributed by atoms with van der Waals surface area (Å²) in [5.74, 6) is 0.622. The van der Waals surface area contributed by atoms with Gasteiger partial charge in [0, 0.05) is 18.8 Å². The molecule has 0 saturated heterocycles. The van der Waals surface area contributed by atoms with Crippen molar-refractivity contribution in [1.82, 2.24) is 4.90 Å². The van der Waals surface area contributed by atoms with Crippen LogP contribution in [0.25, 0.3) is 0 Å². The predicted molar refractivity (Wildman–Crippen MR) is 110 cm³/mol. The third kappa shape index (κ3) is 5.36. The number of hydrogen-bond donors (Lipinski definition) is 1. The lowest BCUT2D eigenvalue weighted by Crippen LogP contribution is -2.32. The second-order valence-electron chi connectivity index (χ2n) is 5.95. The summed E-state index contributed by atoms with van der Waals surface area (Å²) in [6.45, 7) is 7.06. The Morgan fingerprint density at radius 2 is 1.62 bits per heavy atom. The standard InChI is InChI=1S/C21H26N2O2S/c1-4-23(5-2)21(25)18-13-9-10-14-19(18)22-20(24)16(3)26-15-17-11-7-6-8-12-17/h6-14,16H,4-5,15H2,1-3H3,(H,22,24)/t16-/m0/s1. The van der Waals surface area contributed by atoms with Gasteiger partial charge in [0.05, 0.1) is 16.5 Å². The highest BCUT2D eigenvalue weighted by Crippen LogP contribution is 2.22. The van der Waals surface area contributed by atoms with E-state index < -0.39 is 0 Å². The molecule has 5 heteroatoms. The smallest absolute Gasteiger partial charge is 0.255 e. The van der Waals surface area contributed by atoms with Gasteiger partial charge in [-0.15, -0.1) is 11.8 Å². The molecule has 2 aromatic rings. The van der Waals surface area contributed by atoms with Gasteiger partial charge in [-0.3, -0.25) is 9.59 Å². The SMILES string of the molecule is CCN(CC)C(=O)c1ccccc1NC(=O)[C@H](C)SCc1ccccc1. The Morgan fingerprint density at radius 3 is 2.27 bits per heavy atom. The van der Waals surface area contributed by atoms with Gasteiger partial charge in [0.1, 0.15) is 0 Å². The lowest BCUT2D eigenvalue weighted by atomic mass is 10.1. The van der Waals surface area contributed by atoms with Crippen LogP contribution < -0.4 is 5.32 Å². The molecular formula is C21H26N2O2S. The molecule has 2 aromatic carbocycles. The van der Waals surface area contributed by atoms with Crippen molar-refractivity contribution >= 4 is 29.3 Å². The third-order valence-corrected chi connectivity index (χ3v) is 5.39. The van der Waals surface area contributed by atoms with E-state index in [1.165, 1.54) is 5.56 Å². The first kappa shape index (κ1) is 20.0. The monoisotopic (exact) mass is 370 g/mol. The second kappa shape index (κ2) is 10.0. The highest BCUT2D eigenvalue weighted by Gasteiger charge is 2.19. The number of amides is 2. The molecule has 1 N–H and O–H groups in total. The summed E-state index contributed by atoms with van der Waals surface area (Å²) >= 11 is 1.58. The van der Waals surface area contributed by atoms with Gasteiger partial charge in [0.25, 0.3) is 5.91 Å². The Labute approximate surface area is 160 Å². The molecule has 26 heavy (non-hydrogen) atoms. The minimum absolute atomic E-state index is 0.0597. The van der Waals surface area contributed by atoms with Crippen LogP contribution in [0.15, 0.2) is 54.6 Å². The Balaban J connectivity index is 2.03. The molecule has 4 nitrogen and oxygen atoms in total. The van der Waals surface area contributed by atoms with Crippen molar-refractivity contribution in [2.75, 3.05) is 18.4 Å². The molecule has 0 bridgehead atoms. The molecule has 2 rings (SSSR count). The molecule has 0 fully saturated rings. The molecule has 0 saturated carbocycles. The average Bonchev–Trinajstić information content (AvgIpc) is 2.68. The molecule has 0 radical (unpaired) electrons. The third-order valence-electron chi connectivity index (χ3n) is 4.18. The lowest BCUT2D eigenvalue weighted by Gasteiger charge is -2.21. The van der Waals surface area contributed by atoms with Gasteiger partial charge >= 0.3 is 0 Å². The molecule has 0 heterocycles. The summed E-state index contributed by atoms with van der Waals surface area (Å²) in [5.41, 5.74) is 2.29. The van der Waals surface area contributed by atoms with E-state index in [0.717, 1.165) is 5.75 Å². The molecule has 0 aliphatic rings. The lowest BCUT2D eigenvalue weighted by molar-refractivity contribution is -0.115. The molecule has 138 valence electrons. The van der Waals surface area contributed by atoms with Gasteiger partial charge in [-0.25, -0.2) is 0 Å². The van der Waals surface area contributed by atoms with Crippen LogP contribution in [0.4, 0.5) is 5.69 Å². The van der Waals surface area contributed by atoms with Gasteiger partial charge in [0.2, 0.25) is 5.91 Å². The first-order valence-corrected chi connectivity index (χ1v) is 9.96. The number of nitrogens with one attached hydrogen (secondary N) is 1. The van der Waals surface area contributed by atoms with Gasteiger partial charge < -0.3 is 10.2 Å². The second-order valence-corrected chi connectivity index (χ2v) is 7.28. The molecule has 0 spiro atoms. The highest BCUT2D eigenvalue weighted by molar-refractivity contribution is 7.99. The van der Waals surface area contributed by atoms with Crippen LogP contribution in [0.2, 0.25) is 0 Å². The zero-order valence-electron chi connectivity index (χ0n) is 15.6. The summed E-state index contributed by atoms with van der Waals surface area (Å²) in [7, 11) is 0. The number of nitrogens with zero attached hydrogens (tertiary/aromatic N) is 1. The quantitative estimate of drug-likeness (QED) is 0.748. The summed E-state index contributed by atoms with van der Waals surface area (Å²) in [4.78, 5) is 27.0. The summed E-state index contributed by atoms with van der Waals surface area (Å²) in [5, 5.41) is 2.71. The van der Waals surface area contributed by atoms with E-state index in [-0.39, 0.29) is 17.1 Å². The van der Waals surface area contributed by atoms with E-state index in [4.69, 9.17) is 0 Å². The predicted octanol–water partition coefficient (Wildman–Crippen LogP) is 4.43. The van der Waals surface area contributed by atoms with Crippen LogP contribution in [0.1, 0.15) is 36.7 Å². The number of carbonyl (C=O) groups excluding carboxylic acids is 2. The number of benzene rings is 2. The first-order valence-electron chi connectivity index (χ1n) is 8.91. The van der Waals surface area contributed by atoms with Crippen molar-refractivity contribution in [2.24, 2.45) is 0 Å². The first-order chi connectivity index (χ1) is 12.6. The van der Waals surface area contributed by atoms with Crippen LogP contribution in [0.3, 0.4) is 0 Å². The number of hydrogen-bond acceptors (Lipinski definition) is 3. The van der Waals surface area contributed by atoms with Crippen LogP contribution in [-0.4, -0.2) is 35.1 Å². The molecule has 2 amide bonds. The van der Waals surface area contributed by atoms with E-state index in [1.54, 1.807) is 28.8 Å². The van der Waals surface area contributed by atoms with Crippen molar-refractivity contribution < 1.29 is 9.59 Å². The maximum Gasteiger partial charge on any atom is 0.255 e. The average molecular weight is 371 g/mol. The number of anilines is 1. The van der Waals surface area contributed by atoms with E-state index in [1.807, 2.05) is 51.1 Å². The number of carbonyl (C=O) groups is 2. The van der Waals surface area contributed by atoms with E-state index >= 15 is 0 Å². The molecule has 0 aliphatic carbocycles. The zero-order chi connectivity index (χ0) is 18.9. The fourth-order valence-corrected chi connectivity index (χ4v) is 3.41. The Kier molecular flexibility index (Phi) is 7.73. The topological polar surface area (TPSA) is 49.4 Å². The van der Waals surface area contributed by atoms with Crippen LogP contribution in [0.5, 0.6) is 0 Å². The molecule has 0 unspecified atom stereocenters.